The van der Waals surface area contributed by atoms with Gasteiger partial charge in [0, 0.05) is 31.6 Å². The fourth-order valence-corrected chi connectivity index (χ4v) is 3.59. The largest absolute Gasteiger partial charge is 0.403 e. The van der Waals surface area contributed by atoms with E-state index in [9.17, 15) is 4.79 Å². The molecule has 9 nitrogen and oxygen atoms in total. The highest BCUT2D eigenvalue weighted by Gasteiger charge is 2.33. The molecule has 3 rings (SSSR count). The molecule has 2 aromatic rings. The van der Waals surface area contributed by atoms with Gasteiger partial charge >= 0.3 is 6.03 Å². The molecule has 182 valence electrons. The van der Waals surface area contributed by atoms with Crippen molar-refractivity contribution in [3.05, 3.63) is 53.5 Å². The van der Waals surface area contributed by atoms with Crippen LogP contribution in [0.15, 0.2) is 47.4 Å². The van der Waals surface area contributed by atoms with Crippen molar-refractivity contribution in [1.29, 1.82) is 0 Å². The minimum Gasteiger partial charge on any atom is -0.403 e. The van der Waals surface area contributed by atoms with Crippen molar-refractivity contribution in [1.82, 2.24) is 20.2 Å². The van der Waals surface area contributed by atoms with Crippen LogP contribution in [0.1, 0.15) is 38.8 Å². The minimum atomic E-state index is -0.196. The van der Waals surface area contributed by atoms with Crippen LogP contribution in [-0.2, 0) is 11.3 Å². The molecule has 2 amide bonds. The molecule has 0 unspecified atom stereocenters. The second-order valence-electron chi connectivity index (χ2n) is 9.34. The number of urea groups is 1. The monoisotopic (exact) mass is 465 g/mol. The van der Waals surface area contributed by atoms with E-state index < -0.39 is 0 Å². The van der Waals surface area contributed by atoms with Crippen LogP contribution in [0.5, 0.6) is 0 Å². The normalized spacial score (nSPS) is 15.2. The molecule has 1 aliphatic rings. The second kappa shape index (κ2) is 10.6. The first kappa shape index (κ1) is 25.2. The number of amides is 2. The van der Waals surface area contributed by atoms with Crippen molar-refractivity contribution in [2.75, 3.05) is 25.5 Å². The molecule has 0 radical (unpaired) electrons. The van der Waals surface area contributed by atoms with Gasteiger partial charge in [-0.05, 0) is 57.9 Å². The number of aryl methyl sites for hydroxylation is 1. The van der Waals surface area contributed by atoms with Gasteiger partial charge in [0.2, 0.25) is 5.95 Å². The SMILES string of the molecule is CN=C(C)/C(=C\N)Nc1nccc(-c2ccc(CNC(=O)N3CC(OC(C)(C)C)C3)c(C)c2)n1. The number of aromatic nitrogens is 2. The van der Waals surface area contributed by atoms with E-state index >= 15 is 0 Å². The van der Waals surface area contributed by atoms with Gasteiger partial charge in [0.05, 0.1) is 41.9 Å². The third-order valence-corrected chi connectivity index (χ3v) is 5.52. The van der Waals surface area contributed by atoms with Crippen molar-refractivity contribution < 1.29 is 9.53 Å². The molecule has 2 heterocycles. The number of likely N-dealkylation sites (tertiary alicyclic amines) is 1. The molecule has 0 aliphatic carbocycles. The molecule has 1 aromatic heterocycles. The van der Waals surface area contributed by atoms with Gasteiger partial charge in [0.15, 0.2) is 0 Å². The summed E-state index contributed by atoms with van der Waals surface area (Å²) < 4.78 is 5.89. The second-order valence-corrected chi connectivity index (χ2v) is 9.34. The molecule has 0 saturated carbocycles. The van der Waals surface area contributed by atoms with Gasteiger partial charge < -0.3 is 26.0 Å². The molecule has 1 aliphatic heterocycles. The fraction of sp³-hybridized carbons (Fsp3) is 0.440. The molecule has 1 aromatic carbocycles. The summed E-state index contributed by atoms with van der Waals surface area (Å²) >= 11 is 0. The number of nitrogens with two attached hydrogens (primary N) is 1. The van der Waals surface area contributed by atoms with Crippen LogP contribution in [-0.4, -0.2) is 58.5 Å². The number of aliphatic imine (C=N–C) groups is 1. The number of nitrogens with zero attached hydrogens (tertiary/aromatic N) is 4. The summed E-state index contributed by atoms with van der Waals surface area (Å²) in [7, 11) is 1.70. The van der Waals surface area contributed by atoms with Gasteiger partial charge in [0.1, 0.15) is 0 Å². The Labute approximate surface area is 201 Å². The molecule has 0 atom stereocenters. The lowest BCUT2D eigenvalue weighted by atomic mass is 10.0. The number of rotatable bonds is 7. The molecule has 0 spiro atoms. The third-order valence-electron chi connectivity index (χ3n) is 5.52. The van der Waals surface area contributed by atoms with E-state index in [1.807, 2.05) is 52.8 Å². The average molecular weight is 466 g/mol. The highest BCUT2D eigenvalue weighted by molar-refractivity contribution is 6.00. The van der Waals surface area contributed by atoms with Gasteiger partial charge in [-0.1, -0.05) is 12.1 Å². The van der Waals surface area contributed by atoms with Crippen LogP contribution in [0.4, 0.5) is 10.7 Å². The van der Waals surface area contributed by atoms with Crippen LogP contribution >= 0.6 is 0 Å². The number of nitrogens with one attached hydrogen (secondary N) is 2. The number of benzene rings is 1. The standard InChI is InChI=1S/C25H35N7O2/c1-16-11-18(21-9-10-28-23(30-21)31-22(12-26)17(2)27-6)7-8-19(16)13-29-24(33)32-14-20(15-32)34-25(3,4)5/h7-12,20H,13-15,26H2,1-6H3,(H,29,33)(H,28,30,31)/b22-12+,27-17?. The highest BCUT2D eigenvalue weighted by Crippen LogP contribution is 2.22. The average Bonchev–Trinajstić information content (AvgIpc) is 2.77. The summed E-state index contributed by atoms with van der Waals surface area (Å²) in [6, 6.07) is 7.85. The number of hydrogen-bond donors (Lipinski definition) is 3. The summed E-state index contributed by atoms with van der Waals surface area (Å²) in [4.78, 5) is 27.2. The topological polar surface area (TPSA) is 118 Å². The Bertz CT molecular complexity index is 1080. The van der Waals surface area contributed by atoms with E-state index in [0.717, 1.165) is 28.1 Å². The van der Waals surface area contributed by atoms with E-state index in [2.05, 4.69) is 31.7 Å². The van der Waals surface area contributed by atoms with Crippen LogP contribution in [0.2, 0.25) is 0 Å². The van der Waals surface area contributed by atoms with Crippen LogP contribution in [0.3, 0.4) is 0 Å². The van der Waals surface area contributed by atoms with Gasteiger partial charge in [-0.25, -0.2) is 14.8 Å². The summed E-state index contributed by atoms with van der Waals surface area (Å²) in [5.41, 5.74) is 10.8. The van der Waals surface area contributed by atoms with Crippen LogP contribution < -0.4 is 16.4 Å². The van der Waals surface area contributed by atoms with Crippen molar-refractivity contribution in [2.24, 2.45) is 10.7 Å². The lowest BCUT2D eigenvalue weighted by molar-refractivity contribution is -0.111. The lowest BCUT2D eigenvalue weighted by Gasteiger charge is -2.41. The molecule has 1 fully saturated rings. The van der Waals surface area contributed by atoms with E-state index in [0.29, 0.717) is 31.3 Å². The van der Waals surface area contributed by atoms with Crippen molar-refractivity contribution in [3.8, 4) is 11.3 Å². The van der Waals surface area contributed by atoms with E-state index in [1.54, 1.807) is 18.1 Å². The predicted molar refractivity (Wildman–Crippen MR) is 136 cm³/mol. The van der Waals surface area contributed by atoms with Crippen molar-refractivity contribution in [2.45, 2.75) is 52.9 Å². The molecule has 4 N–H and O–H groups in total. The zero-order valence-corrected chi connectivity index (χ0v) is 20.8. The van der Waals surface area contributed by atoms with E-state index in [4.69, 9.17) is 10.5 Å². The maximum atomic E-state index is 12.4. The summed E-state index contributed by atoms with van der Waals surface area (Å²) in [5.74, 6) is 0.439. The maximum Gasteiger partial charge on any atom is 0.317 e. The molecule has 34 heavy (non-hydrogen) atoms. The maximum absolute atomic E-state index is 12.4. The van der Waals surface area contributed by atoms with E-state index in [1.165, 1.54) is 6.20 Å². The zero-order valence-electron chi connectivity index (χ0n) is 20.8. The van der Waals surface area contributed by atoms with Gasteiger partial charge in [-0.3, -0.25) is 4.99 Å². The summed E-state index contributed by atoms with van der Waals surface area (Å²) in [6.07, 6.45) is 3.25. The first-order valence-corrected chi connectivity index (χ1v) is 11.4. The Morgan fingerprint density at radius 3 is 2.68 bits per heavy atom. The quantitative estimate of drug-likeness (QED) is 0.539. The predicted octanol–water partition coefficient (Wildman–Crippen LogP) is 3.46. The highest BCUT2D eigenvalue weighted by atomic mass is 16.5. The van der Waals surface area contributed by atoms with Crippen LogP contribution in [0, 0.1) is 6.92 Å². The lowest BCUT2D eigenvalue weighted by Crippen LogP contribution is -2.59. The molecule has 0 bridgehead atoms. The number of carbonyl (C=O) groups excluding carboxylic acids is 1. The molecular formula is C25H35N7O2. The first-order valence-electron chi connectivity index (χ1n) is 11.4. The number of carbonyl (C=O) groups is 1. The van der Waals surface area contributed by atoms with Gasteiger partial charge in [0.25, 0.3) is 0 Å². The number of hydrogen-bond acceptors (Lipinski definition) is 7. The smallest absolute Gasteiger partial charge is 0.317 e. The Morgan fingerprint density at radius 2 is 2.06 bits per heavy atom. The van der Waals surface area contributed by atoms with Crippen LogP contribution in [0.25, 0.3) is 11.3 Å². The van der Waals surface area contributed by atoms with E-state index in [-0.39, 0.29) is 17.7 Å². The fourth-order valence-electron chi connectivity index (χ4n) is 3.59. The Balaban J connectivity index is 1.60. The number of anilines is 1. The Hall–Kier alpha value is -3.46. The zero-order chi connectivity index (χ0) is 24.9. The Morgan fingerprint density at radius 1 is 1.32 bits per heavy atom. The van der Waals surface area contributed by atoms with Crippen molar-refractivity contribution in [3.63, 3.8) is 0 Å². The molecule has 9 heteroatoms. The molecule has 1 saturated heterocycles. The summed E-state index contributed by atoms with van der Waals surface area (Å²) in [5, 5.41) is 6.11. The Kier molecular flexibility index (Phi) is 7.88. The first-order chi connectivity index (χ1) is 16.1. The molecular weight excluding hydrogens is 430 g/mol. The number of allylic oxidation sites excluding steroid dienone is 1. The number of ether oxygens (including phenoxy) is 1. The van der Waals surface area contributed by atoms with Gasteiger partial charge in [-0.15, -0.1) is 0 Å². The third kappa shape index (κ3) is 6.54. The minimum absolute atomic E-state index is 0.0709. The summed E-state index contributed by atoms with van der Waals surface area (Å²) in [6.45, 7) is 11.7. The van der Waals surface area contributed by atoms with Gasteiger partial charge in [-0.2, -0.15) is 0 Å². The van der Waals surface area contributed by atoms with Crippen molar-refractivity contribution >= 4 is 17.7 Å².